The standard InChI is InChI=1S/C24H28N2O6S/c1-3-12-31-17-10-8-15(13-18(17)30-4-2)9-11-21(28)32-14-20(27)26-24-22(23(25)29)16-6-5-7-19(16)33-24/h8-11,13H,3-7,12,14H2,1-2H3,(H2,25,29)(H,26,27). The largest absolute Gasteiger partial charge is 0.490 e. The van der Waals surface area contributed by atoms with Gasteiger partial charge < -0.3 is 25.3 Å². The summed E-state index contributed by atoms with van der Waals surface area (Å²) < 4.78 is 16.3. The summed E-state index contributed by atoms with van der Waals surface area (Å²) >= 11 is 1.35. The van der Waals surface area contributed by atoms with E-state index in [2.05, 4.69) is 5.32 Å². The zero-order chi connectivity index (χ0) is 23.8. The van der Waals surface area contributed by atoms with Crippen LogP contribution in [0.4, 0.5) is 5.00 Å². The van der Waals surface area contributed by atoms with E-state index in [0.29, 0.717) is 35.3 Å². The van der Waals surface area contributed by atoms with Gasteiger partial charge in [-0.3, -0.25) is 9.59 Å². The third kappa shape index (κ3) is 6.35. The van der Waals surface area contributed by atoms with Crippen LogP contribution in [0.2, 0.25) is 0 Å². The van der Waals surface area contributed by atoms with Crippen LogP contribution in [0.5, 0.6) is 11.5 Å². The van der Waals surface area contributed by atoms with Gasteiger partial charge in [0, 0.05) is 11.0 Å². The number of thiophene rings is 1. The number of hydrogen-bond donors (Lipinski definition) is 2. The number of benzene rings is 1. The predicted molar refractivity (Wildman–Crippen MR) is 127 cm³/mol. The molecular weight excluding hydrogens is 444 g/mol. The monoisotopic (exact) mass is 472 g/mol. The maximum absolute atomic E-state index is 12.2. The Kier molecular flexibility index (Phi) is 8.48. The van der Waals surface area contributed by atoms with E-state index in [1.54, 1.807) is 24.3 Å². The van der Waals surface area contributed by atoms with Crippen molar-refractivity contribution in [2.75, 3.05) is 25.1 Å². The number of carbonyl (C=O) groups excluding carboxylic acids is 3. The van der Waals surface area contributed by atoms with Gasteiger partial charge in [0.1, 0.15) is 5.00 Å². The molecule has 1 aliphatic rings. The molecule has 176 valence electrons. The number of nitrogens with two attached hydrogens (primary N) is 1. The van der Waals surface area contributed by atoms with Crippen LogP contribution in [-0.4, -0.2) is 37.6 Å². The molecule has 1 aromatic carbocycles. The van der Waals surface area contributed by atoms with Crippen molar-refractivity contribution in [1.82, 2.24) is 0 Å². The highest BCUT2D eigenvalue weighted by Crippen LogP contribution is 2.38. The van der Waals surface area contributed by atoms with Crippen LogP contribution >= 0.6 is 11.3 Å². The number of esters is 1. The number of amides is 2. The fourth-order valence-corrected chi connectivity index (χ4v) is 4.80. The lowest BCUT2D eigenvalue weighted by molar-refractivity contribution is -0.142. The van der Waals surface area contributed by atoms with E-state index in [4.69, 9.17) is 19.9 Å². The van der Waals surface area contributed by atoms with Crippen molar-refractivity contribution in [2.24, 2.45) is 5.73 Å². The highest BCUT2D eigenvalue weighted by atomic mass is 32.1. The van der Waals surface area contributed by atoms with Crippen molar-refractivity contribution in [2.45, 2.75) is 39.5 Å². The highest BCUT2D eigenvalue weighted by molar-refractivity contribution is 7.17. The Balaban J connectivity index is 1.55. The molecule has 33 heavy (non-hydrogen) atoms. The lowest BCUT2D eigenvalue weighted by Gasteiger charge is -2.12. The Bertz CT molecular complexity index is 1060. The molecule has 0 atom stereocenters. The Morgan fingerprint density at radius 2 is 1.97 bits per heavy atom. The molecule has 0 aliphatic heterocycles. The SMILES string of the molecule is CCCOc1ccc(C=CC(=O)OCC(=O)Nc2sc3c(c2C(N)=O)CCC3)cc1OCC. The Hall–Kier alpha value is -3.33. The zero-order valence-electron chi connectivity index (χ0n) is 18.8. The van der Waals surface area contributed by atoms with Crippen LogP contribution in [0.1, 0.15) is 53.1 Å². The average molecular weight is 473 g/mol. The number of aryl methyl sites for hydroxylation is 1. The van der Waals surface area contributed by atoms with Gasteiger partial charge >= 0.3 is 5.97 Å². The summed E-state index contributed by atoms with van der Waals surface area (Å²) in [5.41, 5.74) is 7.50. The molecule has 0 fully saturated rings. The Morgan fingerprint density at radius 1 is 1.15 bits per heavy atom. The number of anilines is 1. The maximum atomic E-state index is 12.2. The fourth-order valence-electron chi connectivity index (χ4n) is 3.49. The molecule has 2 amide bonds. The molecule has 3 rings (SSSR count). The lowest BCUT2D eigenvalue weighted by Crippen LogP contribution is -2.22. The van der Waals surface area contributed by atoms with E-state index >= 15 is 0 Å². The minimum Gasteiger partial charge on any atom is -0.490 e. The predicted octanol–water partition coefficient (Wildman–Crippen LogP) is 3.72. The van der Waals surface area contributed by atoms with Gasteiger partial charge in [0.25, 0.3) is 11.8 Å². The van der Waals surface area contributed by atoms with Crippen molar-refractivity contribution < 1.29 is 28.6 Å². The number of ether oxygens (including phenoxy) is 3. The molecule has 0 spiro atoms. The summed E-state index contributed by atoms with van der Waals surface area (Å²) in [4.78, 5) is 37.2. The van der Waals surface area contributed by atoms with Gasteiger partial charge in [-0.15, -0.1) is 11.3 Å². The minimum absolute atomic E-state index is 0.364. The van der Waals surface area contributed by atoms with Crippen molar-refractivity contribution >= 4 is 40.2 Å². The molecule has 0 radical (unpaired) electrons. The number of primary amides is 1. The summed E-state index contributed by atoms with van der Waals surface area (Å²) in [6.45, 7) is 4.49. The molecule has 0 saturated heterocycles. The molecule has 0 bridgehead atoms. The summed E-state index contributed by atoms with van der Waals surface area (Å²) in [7, 11) is 0. The maximum Gasteiger partial charge on any atom is 0.331 e. The summed E-state index contributed by atoms with van der Waals surface area (Å²) in [6.07, 6.45) is 6.30. The van der Waals surface area contributed by atoms with Crippen LogP contribution in [0.15, 0.2) is 24.3 Å². The van der Waals surface area contributed by atoms with Crippen molar-refractivity contribution in [3.05, 3.63) is 45.8 Å². The Morgan fingerprint density at radius 3 is 2.70 bits per heavy atom. The lowest BCUT2D eigenvalue weighted by atomic mass is 10.1. The smallest absolute Gasteiger partial charge is 0.331 e. The summed E-state index contributed by atoms with van der Waals surface area (Å²) in [5.74, 6) is -0.533. The van der Waals surface area contributed by atoms with Crippen LogP contribution in [0.3, 0.4) is 0 Å². The van der Waals surface area contributed by atoms with E-state index in [9.17, 15) is 14.4 Å². The van der Waals surface area contributed by atoms with Crippen LogP contribution in [-0.2, 0) is 27.2 Å². The number of hydrogen-bond acceptors (Lipinski definition) is 7. The molecule has 0 unspecified atom stereocenters. The Labute approximate surface area is 196 Å². The third-order valence-corrected chi connectivity index (χ3v) is 6.11. The molecule has 8 nitrogen and oxygen atoms in total. The molecule has 0 saturated carbocycles. The van der Waals surface area contributed by atoms with E-state index < -0.39 is 24.4 Å². The zero-order valence-corrected chi connectivity index (χ0v) is 19.6. The van der Waals surface area contributed by atoms with Crippen LogP contribution in [0, 0.1) is 0 Å². The van der Waals surface area contributed by atoms with Gasteiger partial charge in [-0.1, -0.05) is 13.0 Å². The minimum atomic E-state index is -0.668. The highest BCUT2D eigenvalue weighted by Gasteiger charge is 2.26. The van der Waals surface area contributed by atoms with E-state index in [1.165, 1.54) is 17.4 Å². The molecule has 3 N–H and O–H groups in total. The first kappa shape index (κ1) is 24.3. The second kappa shape index (κ2) is 11.5. The number of nitrogens with one attached hydrogen (secondary N) is 1. The molecule has 9 heteroatoms. The second-order valence-electron chi connectivity index (χ2n) is 7.40. The average Bonchev–Trinajstić information content (AvgIpc) is 3.36. The van der Waals surface area contributed by atoms with Gasteiger partial charge in [0.15, 0.2) is 18.1 Å². The molecule has 1 aromatic heterocycles. The van der Waals surface area contributed by atoms with Gasteiger partial charge in [-0.25, -0.2) is 4.79 Å². The summed E-state index contributed by atoms with van der Waals surface area (Å²) in [5, 5.41) is 3.06. The van der Waals surface area contributed by atoms with Gasteiger partial charge in [0.05, 0.1) is 18.8 Å². The van der Waals surface area contributed by atoms with Gasteiger partial charge in [-0.05, 0) is 61.9 Å². The first-order valence-corrected chi connectivity index (χ1v) is 11.7. The molecular formula is C24H28N2O6S. The first-order valence-electron chi connectivity index (χ1n) is 10.9. The van der Waals surface area contributed by atoms with Crippen molar-refractivity contribution in [3.8, 4) is 11.5 Å². The number of fused-ring (bicyclic) bond motifs is 1. The number of carbonyl (C=O) groups is 3. The van der Waals surface area contributed by atoms with E-state index in [0.717, 1.165) is 41.7 Å². The fraction of sp³-hybridized carbons (Fsp3) is 0.375. The van der Waals surface area contributed by atoms with Crippen LogP contribution < -0.4 is 20.5 Å². The molecule has 1 aliphatic carbocycles. The number of rotatable bonds is 11. The van der Waals surface area contributed by atoms with Gasteiger partial charge in [-0.2, -0.15) is 0 Å². The molecule has 2 aromatic rings. The quantitative estimate of drug-likeness (QED) is 0.380. The van der Waals surface area contributed by atoms with E-state index in [-0.39, 0.29) is 0 Å². The van der Waals surface area contributed by atoms with Gasteiger partial charge in [0.2, 0.25) is 0 Å². The van der Waals surface area contributed by atoms with Crippen molar-refractivity contribution in [3.63, 3.8) is 0 Å². The topological polar surface area (TPSA) is 117 Å². The normalized spacial score (nSPS) is 12.4. The van der Waals surface area contributed by atoms with Crippen LogP contribution in [0.25, 0.3) is 6.08 Å². The van der Waals surface area contributed by atoms with Crippen molar-refractivity contribution in [1.29, 1.82) is 0 Å². The third-order valence-electron chi connectivity index (χ3n) is 4.91. The summed E-state index contributed by atoms with van der Waals surface area (Å²) in [6, 6.07) is 5.35. The second-order valence-corrected chi connectivity index (χ2v) is 8.51. The molecule has 1 heterocycles. The van der Waals surface area contributed by atoms with E-state index in [1.807, 2.05) is 13.8 Å². The first-order chi connectivity index (χ1) is 15.9.